The van der Waals surface area contributed by atoms with Crippen LogP contribution in [0.2, 0.25) is 0 Å². The fourth-order valence-corrected chi connectivity index (χ4v) is 1.57. The van der Waals surface area contributed by atoms with Crippen LogP contribution in [0.1, 0.15) is 19.4 Å². The molecule has 0 aliphatic carbocycles. The lowest BCUT2D eigenvalue weighted by atomic mass is 10.2. The molecule has 0 fully saturated rings. The lowest BCUT2D eigenvalue weighted by molar-refractivity contribution is -0.149. The number of aliphatic hydroxyl groups excluding tert-OH is 1. The van der Waals surface area contributed by atoms with Crippen LogP contribution in [0.5, 0.6) is 5.75 Å². The zero-order chi connectivity index (χ0) is 12.8. The minimum atomic E-state index is -0.409. The van der Waals surface area contributed by atoms with E-state index in [0.29, 0.717) is 11.3 Å². The van der Waals surface area contributed by atoms with E-state index in [1.165, 1.54) is 0 Å². The molecular formula is C12H15BrO4. The minimum absolute atomic E-state index is 0.0891. The van der Waals surface area contributed by atoms with Gasteiger partial charge in [0, 0.05) is 4.47 Å². The van der Waals surface area contributed by atoms with Gasteiger partial charge in [-0.1, -0.05) is 15.9 Å². The van der Waals surface area contributed by atoms with Crippen molar-refractivity contribution >= 4 is 21.9 Å². The summed E-state index contributed by atoms with van der Waals surface area (Å²) in [5, 5.41) is 9.06. The first kappa shape index (κ1) is 14.0. The maximum Gasteiger partial charge on any atom is 0.344 e. The Kier molecular flexibility index (Phi) is 5.44. The van der Waals surface area contributed by atoms with Crippen LogP contribution in [0.3, 0.4) is 0 Å². The summed E-state index contributed by atoms with van der Waals surface area (Å²) in [4.78, 5) is 11.2. The van der Waals surface area contributed by atoms with Gasteiger partial charge in [0.25, 0.3) is 0 Å². The highest BCUT2D eigenvalue weighted by molar-refractivity contribution is 9.10. The van der Waals surface area contributed by atoms with E-state index < -0.39 is 5.97 Å². The number of carbonyl (C=O) groups is 1. The van der Waals surface area contributed by atoms with Gasteiger partial charge in [-0.3, -0.25) is 0 Å². The minimum Gasteiger partial charge on any atom is -0.482 e. The molecule has 0 saturated heterocycles. The van der Waals surface area contributed by atoms with Crippen LogP contribution in [0.15, 0.2) is 22.7 Å². The summed E-state index contributed by atoms with van der Waals surface area (Å²) >= 11 is 3.30. The topological polar surface area (TPSA) is 55.8 Å². The van der Waals surface area contributed by atoms with Gasteiger partial charge in [0.15, 0.2) is 6.61 Å². The second kappa shape index (κ2) is 6.61. The molecule has 0 unspecified atom stereocenters. The molecule has 0 spiro atoms. The van der Waals surface area contributed by atoms with Crippen LogP contribution in [-0.2, 0) is 16.1 Å². The predicted molar refractivity (Wildman–Crippen MR) is 66.8 cm³/mol. The summed E-state index contributed by atoms with van der Waals surface area (Å²) in [6.45, 7) is 3.34. The molecule has 0 atom stereocenters. The van der Waals surface area contributed by atoms with Crippen LogP contribution >= 0.6 is 15.9 Å². The Bertz CT molecular complexity index is 390. The molecule has 0 aliphatic rings. The number of halogens is 1. The molecule has 0 heterocycles. The van der Waals surface area contributed by atoms with Crippen LogP contribution in [0.4, 0.5) is 0 Å². The maximum atomic E-state index is 11.2. The normalized spacial score (nSPS) is 10.4. The SMILES string of the molecule is CC(C)OC(=O)COc1ccc(Br)c(CO)c1. The molecular weight excluding hydrogens is 288 g/mol. The highest BCUT2D eigenvalue weighted by atomic mass is 79.9. The Morgan fingerprint density at radius 2 is 2.18 bits per heavy atom. The van der Waals surface area contributed by atoms with Crippen molar-refractivity contribution in [2.75, 3.05) is 6.61 Å². The monoisotopic (exact) mass is 302 g/mol. The van der Waals surface area contributed by atoms with Crippen molar-refractivity contribution in [2.45, 2.75) is 26.6 Å². The average Bonchev–Trinajstić information content (AvgIpc) is 2.27. The summed E-state index contributed by atoms with van der Waals surface area (Å²) in [7, 11) is 0. The molecule has 5 heteroatoms. The van der Waals surface area contributed by atoms with Gasteiger partial charge in [0.2, 0.25) is 0 Å². The van der Waals surface area contributed by atoms with Gasteiger partial charge in [-0.2, -0.15) is 0 Å². The van der Waals surface area contributed by atoms with E-state index in [9.17, 15) is 4.79 Å². The Balaban J connectivity index is 2.55. The molecule has 1 N–H and O–H groups in total. The van der Waals surface area contributed by atoms with Crippen molar-refractivity contribution in [3.8, 4) is 5.75 Å². The quantitative estimate of drug-likeness (QED) is 0.848. The predicted octanol–water partition coefficient (Wildman–Crippen LogP) is 2.27. The molecule has 1 aromatic rings. The van der Waals surface area contributed by atoms with Gasteiger partial charge < -0.3 is 14.6 Å². The van der Waals surface area contributed by atoms with E-state index in [0.717, 1.165) is 4.47 Å². The Labute approximate surface area is 109 Å². The largest absolute Gasteiger partial charge is 0.482 e. The van der Waals surface area contributed by atoms with Crippen LogP contribution in [-0.4, -0.2) is 23.8 Å². The van der Waals surface area contributed by atoms with E-state index in [1.807, 2.05) is 0 Å². The molecule has 0 saturated carbocycles. The van der Waals surface area contributed by atoms with Gasteiger partial charge in [-0.25, -0.2) is 4.79 Å². The number of benzene rings is 1. The Morgan fingerprint density at radius 3 is 2.76 bits per heavy atom. The van der Waals surface area contributed by atoms with Crippen molar-refractivity contribution < 1.29 is 19.4 Å². The molecule has 1 rings (SSSR count). The molecule has 0 radical (unpaired) electrons. The fraction of sp³-hybridized carbons (Fsp3) is 0.417. The molecule has 17 heavy (non-hydrogen) atoms. The molecule has 0 amide bonds. The molecule has 94 valence electrons. The number of carbonyl (C=O) groups excluding carboxylic acids is 1. The van der Waals surface area contributed by atoms with Crippen molar-refractivity contribution in [2.24, 2.45) is 0 Å². The summed E-state index contributed by atoms with van der Waals surface area (Å²) in [5.41, 5.74) is 0.708. The third-order valence-corrected chi connectivity index (χ3v) is 2.68. The number of ether oxygens (including phenoxy) is 2. The van der Waals surface area contributed by atoms with E-state index in [4.69, 9.17) is 14.6 Å². The van der Waals surface area contributed by atoms with Crippen molar-refractivity contribution in [3.05, 3.63) is 28.2 Å². The van der Waals surface area contributed by atoms with Gasteiger partial charge in [-0.05, 0) is 37.6 Å². The second-order valence-corrected chi connectivity index (χ2v) is 4.59. The highest BCUT2D eigenvalue weighted by Crippen LogP contribution is 2.22. The molecule has 0 aromatic heterocycles. The fourth-order valence-electron chi connectivity index (χ4n) is 1.20. The Morgan fingerprint density at radius 1 is 1.47 bits per heavy atom. The van der Waals surface area contributed by atoms with E-state index >= 15 is 0 Å². The highest BCUT2D eigenvalue weighted by Gasteiger charge is 2.07. The number of aliphatic hydroxyl groups is 1. The zero-order valence-corrected chi connectivity index (χ0v) is 11.4. The van der Waals surface area contributed by atoms with Crippen molar-refractivity contribution in [1.29, 1.82) is 0 Å². The number of hydrogen-bond donors (Lipinski definition) is 1. The van der Waals surface area contributed by atoms with Crippen LogP contribution < -0.4 is 4.74 Å². The number of esters is 1. The summed E-state index contributed by atoms with van der Waals surface area (Å²) < 4.78 is 11.0. The maximum absolute atomic E-state index is 11.2. The van der Waals surface area contributed by atoms with E-state index in [2.05, 4.69) is 15.9 Å². The van der Waals surface area contributed by atoms with Crippen LogP contribution in [0.25, 0.3) is 0 Å². The first-order valence-electron chi connectivity index (χ1n) is 5.24. The molecule has 4 nitrogen and oxygen atoms in total. The number of hydrogen-bond acceptors (Lipinski definition) is 4. The molecule has 0 bridgehead atoms. The smallest absolute Gasteiger partial charge is 0.344 e. The van der Waals surface area contributed by atoms with Gasteiger partial charge in [-0.15, -0.1) is 0 Å². The third kappa shape index (κ3) is 4.75. The van der Waals surface area contributed by atoms with Gasteiger partial charge in [0.1, 0.15) is 5.75 Å². The van der Waals surface area contributed by atoms with Crippen molar-refractivity contribution in [1.82, 2.24) is 0 Å². The lowest BCUT2D eigenvalue weighted by Crippen LogP contribution is -2.18. The first-order valence-corrected chi connectivity index (χ1v) is 6.03. The zero-order valence-electron chi connectivity index (χ0n) is 9.77. The third-order valence-electron chi connectivity index (χ3n) is 1.91. The van der Waals surface area contributed by atoms with Gasteiger partial charge in [0.05, 0.1) is 12.7 Å². The average molecular weight is 303 g/mol. The summed E-state index contributed by atoms with van der Waals surface area (Å²) in [6.07, 6.45) is -0.149. The Hall–Kier alpha value is -1.07. The van der Waals surface area contributed by atoms with Crippen LogP contribution in [0, 0.1) is 0 Å². The van der Waals surface area contributed by atoms with E-state index in [1.54, 1.807) is 32.0 Å². The lowest BCUT2D eigenvalue weighted by Gasteiger charge is -2.10. The first-order chi connectivity index (χ1) is 8.02. The summed E-state index contributed by atoms with van der Waals surface area (Å²) in [6, 6.07) is 5.15. The van der Waals surface area contributed by atoms with Gasteiger partial charge >= 0.3 is 5.97 Å². The summed E-state index contributed by atoms with van der Waals surface area (Å²) in [5.74, 6) is 0.117. The number of rotatable bonds is 5. The molecule has 1 aromatic carbocycles. The molecule has 0 aliphatic heterocycles. The second-order valence-electron chi connectivity index (χ2n) is 3.74. The van der Waals surface area contributed by atoms with E-state index in [-0.39, 0.29) is 19.3 Å². The van der Waals surface area contributed by atoms with Crippen molar-refractivity contribution in [3.63, 3.8) is 0 Å². The standard InChI is InChI=1S/C12H15BrO4/c1-8(2)17-12(15)7-16-10-3-4-11(13)9(5-10)6-14/h3-5,8,14H,6-7H2,1-2H3.